The molecular weight excluding hydrogens is 258 g/mol. The summed E-state index contributed by atoms with van der Waals surface area (Å²) < 4.78 is 0. The molecule has 1 aliphatic rings. The lowest BCUT2D eigenvalue weighted by Crippen LogP contribution is -2.51. The monoisotopic (exact) mass is 273 g/mol. The molecule has 0 N–H and O–H groups in total. The molecule has 1 saturated heterocycles. The van der Waals surface area contributed by atoms with Gasteiger partial charge in [-0.3, -0.25) is 9.69 Å². The van der Waals surface area contributed by atoms with Gasteiger partial charge in [0, 0.05) is 25.7 Å². The van der Waals surface area contributed by atoms with Gasteiger partial charge < -0.3 is 4.90 Å². The fraction of sp³-hybridized carbons (Fsp3) is 0.636. The van der Waals surface area contributed by atoms with E-state index in [1.807, 2.05) is 0 Å². The molecule has 1 fully saturated rings. The molecule has 0 amide bonds. The first-order chi connectivity index (χ1) is 8.15. The van der Waals surface area contributed by atoms with Crippen molar-refractivity contribution in [3.63, 3.8) is 0 Å². The zero-order chi connectivity index (χ0) is 12.4. The van der Waals surface area contributed by atoms with Crippen LogP contribution in [-0.2, 0) is 0 Å². The summed E-state index contributed by atoms with van der Waals surface area (Å²) in [5.74, 6) is 0. The van der Waals surface area contributed by atoms with E-state index >= 15 is 0 Å². The Balaban J connectivity index is 2.14. The lowest BCUT2D eigenvalue weighted by Gasteiger charge is -2.38. The van der Waals surface area contributed by atoms with Gasteiger partial charge in [0.15, 0.2) is 16.6 Å². The summed E-state index contributed by atoms with van der Waals surface area (Å²) in [6, 6.07) is 0.547. The van der Waals surface area contributed by atoms with E-state index < -0.39 is 0 Å². The quantitative estimate of drug-likeness (QED) is 0.791. The van der Waals surface area contributed by atoms with Crippen molar-refractivity contribution in [2.75, 3.05) is 31.6 Å². The number of hydrogen-bond donors (Lipinski definition) is 0. The van der Waals surface area contributed by atoms with Gasteiger partial charge in [-0.1, -0.05) is 29.9 Å². The van der Waals surface area contributed by atoms with Gasteiger partial charge in [0.05, 0.1) is 0 Å². The molecule has 0 spiro atoms. The zero-order valence-corrected chi connectivity index (χ0v) is 11.6. The number of rotatable bonds is 3. The zero-order valence-electron chi connectivity index (χ0n) is 10.0. The lowest BCUT2D eigenvalue weighted by atomic mass is 10.1. The fourth-order valence-corrected chi connectivity index (χ4v) is 3.17. The summed E-state index contributed by atoms with van der Waals surface area (Å²) in [6.07, 6.45) is 1.89. The maximum atomic E-state index is 10.8. The largest absolute Gasteiger partial charge is 0.345 e. The SMILES string of the molecule is CCC1CN(c2nc(Cl)c(C=O)s2)CCN1C. The molecular formula is C11H16ClN3OS. The van der Waals surface area contributed by atoms with Crippen LogP contribution in [0.15, 0.2) is 0 Å². The minimum absolute atomic E-state index is 0.326. The van der Waals surface area contributed by atoms with Crippen molar-refractivity contribution in [3.05, 3.63) is 10.0 Å². The summed E-state index contributed by atoms with van der Waals surface area (Å²) in [7, 11) is 2.15. The van der Waals surface area contributed by atoms with Crippen molar-refractivity contribution < 1.29 is 4.79 Å². The highest BCUT2D eigenvalue weighted by Gasteiger charge is 2.25. The van der Waals surface area contributed by atoms with Crippen LogP contribution >= 0.6 is 22.9 Å². The third-order valence-corrected chi connectivity index (χ3v) is 4.67. The van der Waals surface area contributed by atoms with Crippen LogP contribution in [-0.4, -0.2) is 48.9 Å². The maximum absolute atomic E-state index is 10.8. The van der Waals surface area contributed by atoms with Crippen LogP contribution < -0.4 is 4.90 Å². The second-order valence-electron chi connectivity index (χ2n) is 4.26. The van der Waals surface area contributed by atoms with E-state index in [4.69, 9.17) is 11.6 Å². The van der Waals surface area contributed by atoms with Gasteiger partial charge in [-0.05, 0) is 13.5 Å². The highest BCUT2D eigenvalue weighted by molar-refractivity contribution is 7.17. The summed E-state index contributed by atoms with van der Waals surface area (Å²) in [6.45, 7) is 5.10. The Kier molecular flexibility index (Phi) is 4.01. The second-order valence-corrected chi connectivity index (χ2v) is 5.63. The third kappa shape index (κ3) is 2.61. The lowest BCUT2D eigenvalue weighted by molar-refractivity contribution is 0.112. The number of piperazine rings is 1. The first-order valence-electron chi connectivity index (χ1n) is 5.72. The predicted molar refractivity (Wildman–Crippen MR) is 71.4 cm³/mol. The molecule has 1 aliphatic heterocycles. The van der Waals surface area contributed by atoms with Crippen LogP contribution in [0.5, 0.6) is 0 Å². The molecule has 1 aromatic rings. The average molecular weight is 274 g/mol. The van der Waals surface area contributed by atoms with Gasteiger partial charge in [-0.2, -0.15) is 0 Å². The number of aldehydes is 1. The number of halogens is 1. The van der Waals surface area contributed by atoms with E-state index in [9.17, 15) is 4.79 Å². The van der Waals surface area contributed by atoms with Crippen molar-refractivity contribution in [1.29, 1.82) is 0 Å². The Hall–Kier alpha value is -0.650. The van der Waals surface area contributed by atoms with Gasteiger partial charge >= 0.3 is 0 Å². The normalized spacial score (nSPS) is 21.8. The first kappa shape index (κ1) is 12.8. The molecule has 0 radical (unpaired) electrons. The Bertz CT molecular complexity index is 409. The molecule has 0 aliphatic carbocycles. The number of thiazole rings is 1. The number of likely N-dealkylation sites (N-methyl/N-ethyl adjacent to an activating group) is 1. The number of nitrogens with zero attached hydrogens (tertiary/aromatic N) is 3. The molecule has 17 heavy (non-hydrogen) atoms. The van der Waals surface area contributed by atoms with Crippen molar-refractivity contribution >= 4 is 34.4 Å². The Morgan fingerprint density at radius 1 is 1.59 bits per heavy atom. The molecule has 0 saturated carbocycles. The van der Waals surface area contributed by atoms with Crippen LogP contribution in [0.2, 0.25) is 5.15 Å². The molecule has 0 bridgehead atoms. The molecule has 1 unspecified atom stereocenters. The second kappa shape index (κ2) is 5.33. The topological polar surface area (TPSA) is 36.4 Å². The number of anilines is 1. The fourth-order valence-electron chi connectivity index (χ4n) is 2.07. The third-order valence-electron chi connectivity index (χ3n) is 3.22. The smallest absolute Gasteiger partial charge is 0.187 e. The highest BCUT2D eigenvalue weighted by Crippen LogP contribution is 2.29. The van der Waals surface area contributed by atoms with E-state index in [2.05, 4.69) is 28.8 Å². The number of carbonyl (C=O) groups is 1. The maximum Gasteiger partial charge on any atom is 0.187 e. The van der Waals surface area contributed by atoms with Crippen molar-refractivity contribution in [2.45, 2.75) is 19.4 Å². The Labute approximate surface area is 110 Å². The van der Waals surface area contributed by atoms with Gasteiger partial charge in [0.1, 0.15) is 4.88 Å². The average Bonchev–Trinajstić information content (AvgIpc) is 2.71. The standard InChI is InChI=1S/C11H16ClN3OS/c1-3-8-6-15(5-4-14(8)2)11-13-10(12)9(7-16)17-11/h7-8H,3-6H2,1-2H3. The van der Waals surface area contributed by atoms with Gasteiger partial charge in [0.2, 0.25) is 0 Å². The van der Waals surface area contributed by atoms with Crippen LogP contribution in [0.4, 0.5) is 5.13 Å². The number of hydrogen-bond acceptors (Lipinski definition) is 5. The number of aromatic nitrogens is 1. The van der Waals surface area contributed by atoms with E-state index in [0.29, 0.717) is 16.1 Å². The number of carbonyl (C=O) groups excluding carboxylic acids is 1. The van der Waals surface area contributed by atoms with E-state index in [1.165, 1.54) is 11.3 Å². The molecule has 1 atom stereocenters. The van der Waals surface area contributed by atoms with Crippen LogP contribution in [0.3, 0.4) is 0 Å². The molecule has 4 nitrogen and oxygen atoms in total. The van der Waals surface area contributed by atoms with Crippen molar-refractivity contribution in [3.8, 4) is 0 Å². The highest BCUT2D eigenvalue weighted by atomic mass is 35.5. The summed E-state index contributed by atoms with van der Waals surface area (Å²) in [4.78, 5) is 20.1. The molecule has 6 heteroatoms. The molecule has 1 aromatic heterocycles. The Morgan fingerprint density at radius 2 is 2.35 bits per heavy atom. The van der Waals surface area contributed by atoms with Crippen molar-refractivity contribution in [2.24, 2.45) is 0 Å². The van der Waals surface area contributed by atoms with Crippen LogP contribution in [0.25, 0.3) is 0 Å². The van der Waals surface area contributed by atoms with Crippen LogP contribution in [0.1, 0.15) is 23.0 Å². The minimum Gasteiger partial charge on any atom is -0.345 e. The summed E-state index contributed by atoms with van der Waals surface area (Å²) in [5, 5.41) is 1.19. The van der Waals surface area contributed by atoms with Gasteiger partial charge in [0.25, 0.3) is 0 Å². The van der Waals surface area contributed by atoms with Gasteiger partial charge in [-0.15, -0.1) is 0 Å². The molecule has 94 valence electrons. The van der Waals surface area contributed by atoms with E-state index in [1.54, 1.807) is 0 Å². The van der Waals surface area contributed by atoms with Crippen molar-refractivity contribution in [1.82, 2.24) is 9.88 Å². The minimum atomic E-state index is 0.326. The summed E-state index contributed by atoms with van der Waals surface area (Å²) in [5.41, 5.74) is 0. The molecule has 2 rings (SSSR count). The molecule has 0 aromatic carbocycles. The predicted octanol–water partition coefficient (Wildman–Crippen LogP) is 2.14. The van der Waals surface area contributed by atoms with Crippen LogP contribution in [0, 0.1) is 0 Å². The first-order valence-corrected chi connectivity index (χ1v) is 6.91. The van der Waals surface area contributed by atoms with E-state index in [0.717, 1.165) is 37.5 Å². The van der Waals surface area contributed by atoms with E-state index in [-0.39, 0.29) is 0 Å². The van der Waals surface area contributed by atoms with Gasteiger partial charge in [-0.25, -0.2) is 4.98 Å². The Morgan fingerprint density at radius 3 is 2.94 bits per heavy atom. The summed E-state index contributed by atoms with van der Waals surface area (Å²) >= 11 is 7.27. The molecule has 2 heterocycles.